The summed E-state index contributed by atoms with van der Waals surface area (Å²) in [6, 6.07) is 0. The van der Waals surface area contributed by atoms with Gasteiger partial charge in [-0.05, 0) is 25.7 Å². The summed E-state index contributed by atoms with van der Waals surface area (Å²) in [7, 11) is 0. The molecule has 5 heteroatoms. The summed E-state index contributed by atoms with van der Waals surface area (Å²) < 4.78 is 10.2. The SMILES string of the molecule is CCOC(=O)C(CC)c1nc(C2CC2C)no1. The molecule has 0 radical (unpaired) electrons. The summed E-state index contributed by atoms with van der Waals surface area (Å²) in [5.74, 6) is 1.45. The minimum Gasteiger partial charge on any atom is -0.465 e. The van der Waals surface area contributed by atoms with Crippen LogP contribution in [0.4, 0.5) is 0 Å². The number of aromatic nitrogens is 2. The molecule has 94 valence electrons. The lowest BCUT2D eigenvalue weighted by atomic mass is 10.1. The third-order valence-corrected chi connectivity index (χ3v) is 3.18. The standard InChI is InChI=1S/C12H18N2O3/c1-4-8(12(15)16-5-2)11-13-10(14-17-11)9-6-7(9)3/h7-9H,4-6H2,1-3H3. The average molecular weight is 238 g/mol. The molecule has 0 saturated heterocycles. The van der Waals surface area contributed by atoms with E-state index in [0.717, 1.165) is 12.2 Å². The highest BCUT2D eigenvalue weighted by Gasteiger charge is 2.39. The van der Waals surface area contributed by atoms with E-state index in [-0.39, 0.29) is 5.97 Å². The molecule has 1 aromatic rings. The highest BCUT2D eigenvalue weighted by atomic mass is 16.5. The van der Waals surface area contributed by atoms with E-state index in [1.165, 1.54) is 0 Å². The molecular formula is C12H18N2O3. The molecule has 5 nitrogen and oxygen atoms in total. The fourth-order valence-electron chi connectivity index (χ4n) is 1.91. The topological polar surface area (TPSA) is 65.2 Å². The van der Waals surface area contributed by atoms with Gasteiger partial charge in [0.2, 0.25) is 5.89 Å². The molecule has 0 N–H and O–H groups in total. The zero-order valence-electron chi connectivity index (χ0n) is 10.5. The first-order chi connectivity index (χ1) is 8.17. The number of carbonyl (C=O) groups excluding carboxylic acids is 1. The number of hydrogen-bond donors (Lipinski definition) is 0. The molecule has 0 aromatic carbocycles. The minimum atomic E-state index is -0.426. The Morgan fingerprint density at radius 2 is 2.29 bits per heavy atom. The Morgan fingerprint density at radius 3 is 2.82 bits per heavy atom. The number of nitrogens with zero attached hydrogens (tertiary/aromatic N) is 2. The van der Waals surface area contributed by atoms with Crippen molar-refractivity contribution in [3.63, 3.8) is 0 Å². The van der Waals surface area contributed by atoms with Gasteiger partial charge in [0.25, 0.3) is 0 Å². The van der Waals surface area contributed by atoms with Crippen molar-refractivity contribution in [2.75, 3.05) is 6.61 Å². The third kappa shape index (κ3) is 2.48. The van der Waals surface area contributed by atoms with Crippen LogP contribution in [-0.4, -0.2) is 22.7 Å². The lowest BCUT2D eigenvalue weighted by Gasteiger charge is -2.08. The van der Waals surface area contributed by atoms with Gasteiger partial charge in [-0.25, -0.2) is 0 Å². The first kappa shape index (κ1) is 12.1. The van der Waals surface area contributed by atoms with Crippen LogP contribution in [0.5, 0.6) is 0 Å². The molecule has 3 unspecified atom stereocenters. The van der Waals surface area contributed by atoms with Gasteiger partial charge in [0, 0.05) is 5.92 Å². The van der Waals surface area contributed by atoms with E-state index < -0.39 is 5.92 Å². The van der Waals surface area contributed by atoms with Crippen molar-refractivity contribution in [1.82, 2.24) is 10.1 Å². The first-order valence-electron chi connectivity index (χ1n) is 6.17. The van der Waals surface area contributed by atoms with Gasteiger partial charge in [-0.2, -0.15) is 4.98 Å². The van der Waals surface area contributed by atoms with Crippen molar-refractivity contribution in [3.8, 4) is 0 Å². The molecule has 1 aromatic heterocycles. The monoisotopic (exact) mass is 238 g/mol. The number of ether oxygens (including phenoxy) is 1. The van der Waals surface area contributed by atoms with E-state index in [0.29, 0.717) is 30.8 Å². The quantitative estimate of drug-likeness (QED) is 0.736. The molecule has 0 spiro atoms. The maximum Gasteiger partial charge on any atom is 0.318 e. The normalized spacial score (nSPS) is 24.4. The second-order valence-electron chi connectivity index (χ2n) is 4.52. The molecule has 0 amide bonds. The van der Waals surface area contributed by atoms with Crippen LogP contribution in [0.25, 0.3) is 0 Å². The highest BCUT2D eigenvalue weighted by molar-refractivity contribution is 5.76. The van der Waals surface area contributed by atoms with E-state index >= 15 is 0 Å². The Morgan fingerprint density at radius 1 is 1.59 bits per heavy atom. The van der Waals surface area contributed by atoms with Gasteiger partial charge in [-0.1, -0.05) is 19.0 Å². The molecule has 3 atom stereocenters. The Hall–Kier alpha value is -1.39. The van der Waals surface area contributed by atoms with Gasteiger partial charge >= 0.3 is 5.97 Å². The largest absolute Gasteiger partial charge is 0.465 e. The Labute approximate surface area is 101 Å². The third-order valence-electron chi connectivity index (χ3n) is 3.18. The number of carbonyl (C=O) groups is 1. The number of rotatable bonds is 5. The molecule has 2 rings (SSSR count). The van der Waals surface area contributed by atoms with Gasteiger partial charge < -0.3 is 9.26 Å². The highest BCUT2D eigenvalue weighted by Crippen LogP contribution is 2.45. The van der Waals surface area contributed by atoms with Crippen LogP contribution in [-0.2, 0) is 9.53 Å². The van der Waals surface area contributed by atoms with Crippen LogP contribution in [0.15, 0.2) is 4.52 Å². The lowest BCUT2D eigenvalue weighted by molar-refractivity contribution is -0.145. The zero-order chi connectivity index (χ0) is 12.4. The Bertz CT molecular complexity index is 402. The summed E-state index contributed by atoms with van der Waals surface area (Å²) in [4.78, 5) is 16.0. The van der Waals surface area contributed by atoms with Crippen LogP contribution < -0.4 is 0 Å². The van der Waals surface area contributed by atoms with Gasteiger partial charge in [-0.3, -0.25) is 4.79 Å². The summed E-state index contributed by atoms with van der Waals surface area (Å²) in [6.45, 7) is 6.22. The fourth-order valence-corrected chi connectivity index (χ4v) is 1.91. The van der Waals surface area contributed by atoms with Crippen molar-refractivity contribution >= 4 is 5.97 Å². The van der Waals surface area contributed by atoms with Gasteiger partial charge in [0.05, 0.1) is 6.61 Å². The maximum absolute atomic E-state index is 11.7. The van der Waals surface area contributed by atoms with Crippen molar-refractivity contribution in [2.24, 2.45) is 5.92 Å². The molecule has 1 aliphatic carbocycles. The van der Waals surface area contributed by atoms with Crippen LogP contribution >= 0.6 is 0 Å². The summed E-state index contributed by atoms with van der Waals surface area (Å²) >= 11 is 0. The molecular weight excluding hydrogens is 220 g/mol. The predicted octanol–water partition coefficient (Wildman–Crippen LogP) is 2.25. The molecule has 0 aliphatic heterocycles. The summed E-state index contributed by atoms with van der Waals surface area (Å²) in [5, 5.41) is 3.95. The summed E-state index contributed by atoms with van der Waals surface area (Å²) in [5.41, 5.74) is 0. The summed E-state index contributed by atoms with van der Waals surface area (Å²) in [6.07, 6.45) is 1.72. The van der Waals surface area contributed by atoms with Crippen LogP contribution in [0.3, 0.4) is 0 Å². The van der Waals surface area contributed by atoms with E-state index in [1.807, 2.05) is 6.92 Å². The molecule has 1 heterocycles. The van der Waals surface area contributed by atoms with Crippen LogP contribution in [0.2, 0.25) is 0 Å². The molecule has 1 aliphatic rings. The van der Waals surface area contributed by atoms with Crippen molar-refractivity contribution in [1.29, 1.82) is 0 Å². The van der Waals surface area contributed by atoms with E-state index in [4.69, 9.17) is 9.26 Å². The van der Waals surface area contributed by atoms with Crippen molar-refractivity contribution in [2.45, 2.75) is 45.4 Å². The van der Waals surface area contributed by atoms with Crippen LogP contribution in [0.1, 0.15) is 57.2 Å². The Balaban J connectivity index is 2.08. The van der Waals surface area contributed by atoms with Crippen LogP contribution in [0, 0.1) is 5.92 Å². The Kier molecular flexibility index (Phi) is 3.45. The maximum atomic E-state index is 11.7. The van der Waals surface area contributed by atoms with Gasteiger partial charge in [-0.15, -0.1) is 0 Å². The molecule has 17 heavy (non-hydrogen) atoms. The fraction of sp³-hybridized carbons (Fsp3) is 0.750. The molecule has 0 bridgehead atoms. The molecule has 1 fully saturated rings. The minimum absolute atomic E-state index is 0.283. The second kappa shape index (κ2) is 4.85. The predicted molar refractivity (Wildman–Crippen MR) is 60.5 cm³/mol. The second-order valence-corrected chi connectivity index (χ2v) is 4.52. The van der Waals surface area contributed by atoms with E-state index in [9.17, 15) is 4.79 Å². The van der Waals surface area contributed by atoms with Crippen molar-refractivity contribution in [3.05, 3.63) is 11.7 Å². The number of esters is 1. The van der Waals surface area contributed by atoms with E-state index in [2.05, 4.69) is 17.1 Å². The van der Waals surface area contributed by atoms with Gasteiger partial charge in [0.1, 0.15) is 5.92 Å². The molecule has 1 saturated carbocycles. The van der Waals surface area contributed by atoms with Crippen molar-refractivity contribution < 1.29 is 14.1 Å². The lowest BCUT2D eigenvalue weighted by Crippen LogP contribution is -2.15. The van der Waals surface area contributed by atoms with Gasteiger partial charge in [0.15, 0.2) is 5.82 Å². The average Bonchev–Trinajstić information content (AvgIpc) is 2.84. The number of hydrogen-bond acceptors (Lipinski definition) is 5. The van der Waals surface area contributed by atoms with E-state index in [1.54, 1.807) is 6.92 Å². The first-order valence-corrected chi connectivity index (χ1v) is 6.17. The smallest absolute Gasteiger partial charge is 0.318 e. The zero-order valence-corrected chi connectivity index (χ0v) is 10.5.